The summed E-state index contributed by atoms with van der Waals surface area (Å²) < 4.78 is 8.02. The maximum atomic E-state index is 12.3. The van der Waals surface area contributed by atoms with Gasteiger partial charge in [0.15, 0.2) is 0 Å². The summed E-state index contributed by atoms with van der Waals surface area (Å²) in [6.07, 6.45) is 0.644. The van der Waals surface area contributed by atoms with E-state index in [1.807, 2.05) is 105 Å². The molecule has 0 aliphatic rings. The van der Waals surface area contributed by atoms with Gasteiger partial charge in [-0.15, -0.1) is 0 Å². The molecule has 0 fully saturated rings. The molecule has 35 heavy (non-hydrogen) atoms. The van der Waals surface area contributed by atoms with Crippen LogP contribution in [-0.4, -0.2) is 52.1 Å². The lowest BCUT2D eigenvalue weighted by Crippen LogP contribution is -2.37. The Morgan fingerprint density at radius 1 is 0.971 bits per heavy atom. The normalized spacial score (nSPS) is 12.7. The molecule has 0 amide bonds. The fraction of sp³-hybridized carbons (Fsp3) is 0.222. The third-order valence-electron chi connectivity index (χ3n) is 5.41. The van der Waals surface area contributed by atoms with Crippen LogP contribution in [0.2, 0.25) is 0 Å². The van der Waals surface area contributed by atoms with Gasteiger partial charge >= 0.3 is 5.69 Å². The Labute approximate surface area is 208 Å². The van der Waals surface area contributed by atoms with Gasteiger partial charge in [-0.2, -0.15) is 4.98 Å². The summed E-state index contributed by atoms with van der Waals surface area (Å²) in [6, 6.07) is 29.9. The Morgan fingerprint density at radius 3 is 1.91 bits per heavy atom. The second-order valence-corrected chi connectivity index (χ2v) is 9.27. The molecule has 4 aromatic rings. The smallest absolute Gasteiger partial charge is 0.359 e. The van der Waals surface area contributed by atoms with Crippen molar-refractivity contribution in [2.24, 2.45) is 4.99 Å². The minimum atomic E-state index is -0.940. The van der Waals surface area contributed by atoms with Gasteiger partial charge in [-0.05, 0) is 28.2 Å². The molecule has 1 atom stereocenters. The molecule has 0 aliphatic heterocycles. The molecule has 8 heteroatoms. The number of nitrogens with zero attached hydrogens (tertiary/aromatic N) is 4. The summed E-state index contributed by atoms with van der Waals surface area (Å²) in [7, 11) is 3.67. The summed E-state index contributed by atoms with van der Waals surface area (Å²) in [5.41, 5.74) is 1.45. The largest absolute Gasteiger partial charge is 0.389 e. The van der Waals surface area contributed by atoms with E-state index in [9.17, 15) is 9.90 Å². The zero-order chi connectivity index (χ0) is 24.7. The number of aliphatic hydroxyl groups is 1. The van der Waals surface area contributed by atoms with Crippen molar-refractivity contribution in [3.05, 3.63) is 118 Å². The Morgan fingerprint density at radius 2 is 1.46 bits per heavy atom. The second-order valence-electron chi connectivity index (χ2n) is 8.28. The number of aromatic nitrogens is 2. The number of hydrogen-bond acceptors (Lipinski definition) is 6. The standard InChI is InChI=1S/C27H28N4O3S/c1-30(2)20-28-25-29-26(33)31(35-25)18-24(32)19-34-27(21-12-6-3-7-13-21,22-14-8-4-9-15-22)23-16-10-5-11-17-23/h3-17,20,24,32H,18-19H2,1-2H3/t24-/m0/s1. The number of hydrogen-bond donors (Lipinski definition) is 1. The van der Waals surface area contributed by atoms with Gasteiger partial charge in [0.1, 0.15) is 5.60 Å². The van der Waals surface area contributed by atoms with Gasteiger partial charge in [-0.25, -0.2) is 13.7 Å². The van der Waals surface area contributed by atoms with E-state index in [4.69, 9.17) is 4.74 Å². The highest BCUT2D eigenvalue weighted by molar-refractivity contribution is 7.09. The van der Waals surface area contributed by atoms with Gasteiger partial charge in [0, 0.05) is 14.1 Å². The quantitative estimate of drug-likeness (QED) is 0.208. The van der Waals surface area contributed by atoms with E-state index in [2.05, 4.69) is 9.98 Å². The lowest BCUT2D eigenvalue weighted by Gasteiger charge is -2.36. The number of rotatable bonds is 10. The van der Waals surface area contributed by atoms with Gasteiger partial charge in [-0.1, -0.05) is 91.0 Å². The maximum Gasteiger partial charge on any atom is 0.359 e. The fourth-order valence-electron chi connectivity index (χ4n) is 3.86. The van der Waals surface area contributed by atoms with E-state index in [0.29, 0.717) is 5.13 Å². The maximum absolute atomic E-state index is 12.3. The van der Waals surface area contributed by atoms with Gasteiger partial charge in [0.25, 0.3) is 0 Å². The molecular formula is C27H28N4O3S. The van der Waals surface area contributed by atoms with E-state index in [-0.39, 0.29) is 13.2 Å². The number of aliphatic hydroxyl groups excluding tert-OH is 1. The Kier molecular flexibility index (Phi) is 7.87. The molecule has 7 nitrogen and oxygen atoms in total. The minimum Gasteiger partial charge on any atom is -0.389 e. The molecule has 0 saturated heterocycles. The molecule has 0 saturated carbocycles. The molecule has 0 radical (unpaired) electrons. The summed E-state index contributed by atoms with van der Waals surface area (Å²) in [6.45, 7) is 0.0573. The zero-order valence-electron chi connectivity index (χ0n) is 19.7. The predicted octanol–water partition coefficient (Wildman–Crippen LogP) is 3.90. The first-order valence-corrected chi connectivity index (χ1v) is 12.0. The third kappa shape index (κ3) is 5.74. The van der Waals surface area contributed by atoms with E-state index in [1.54, 1.807) is 11.2 Å². The van der Waals surface area contributed by atoms with Crippen LogP contribution in [0.4, 0.5) is 5.13 Å². The highest BCUT2D eigenvalue weighted by Crippen LogP contribution is 2.40. The van der Waals surface area contributed by atoms with Crippen molar-refractivity contribution >= 4 is 23.0 Å². The van der Waals surface area contributed by atoms with E-state index in [1.165, 1.54) is 3.96 Å². The number of benzene rings is 3. The van der Waals surface area contributed by atoms with Gasteiger partial charge in [-0.3, -0.25) is 0 Å². The fourth-order valence-corrected chi connectivity index (χ4v) is 4.64. The van der Waals surface area contributed by atoms with E-state index in [0.717, 1.165) is 28.2 Å². The monoisotopic (exact) mass is 488 g/mol. The van der Waals surface area contributed by atoms with Crippen LogP contribution < -0.4 is 5.69 Å². The van der Waals surface area contributed by atoms with Crippen LogP contribution in [0.1, 0.15) is 16.7 Å². The van der Waals surface area contributed by atoms with Crippen LogP contribution in [0, 0.1) is 0 Å². The second kappa shape index (κ2) is 11.2. The molecule has 0 unspecified atom stereocenters. The molecule has 3 aromatic carbocycles. The van der Waals surface area contributed by atoms with Crippen molar-refractivity contribution in [3.8, 4) is 0 Å². The third-order valence-corrected chi connectivity index (χ3v) is 6.29. The molecule has 0 bridgehead atoms. The lowest BCUT2D eigenvalue weighted by atomic mass is 9.80. The highest BCUT2D eigenvalue weighted by Gasteiger charge is 2.38. The Balaban J connectivity index is 1.64. The van der Waals surface area contributed by atoms with Crippen LogP contribution in [-0.2, 0) is 16.9 Å². The average molecular weight is 489 g/mol. The Bertz CT molecular complexity index is 1190. The van der Waals surface area contributed by atoms with Crippen molar-refractivity contribution in [1.82, 2.24) is 13.8 Å². The molecule has 1 aromatic heterocycles. The van der Waals surface area contributed by atoms with Crippen LogP contribution >= 0.6 is 11.5 Å². The van der Waals surface area contributed by atoms with E-state index >= 15 is 0 Å². The van der Waals surface area contributed by atoms with Gasteiger partial charge < -0.3 is 14.7 Å². The number of ether oxygens (including phenoxy) is 1. The first kappa shape index (κ1) is 24.5. The first-order valence-electron chi connectivity index (χ1n) is 11.3. The van der Waals surface area contributed by atoms with Crippen LogP contribution in [0.5, 0.6) is 0 Å². The molecule has 180 valence electrons. The predicted molar refractivity (Wildman–Crippen MR) is 139 cm³/mol. The first-order chi connectivity index (χ1) is 17.0. The van der Waals surface area contributed by atoms with Crippen LogP contribution in [0.25, 0.3) is 0 Å². The van der Waals surface area contributed by atoms with Crippen LogP contribution in [0.3, 0.4) is 0 Å². The van der Waals surface area contributed by atoms with Crippen molar-refractivity contribution in [1.29, 1.82) is 0 Å². The zero-order valence-corrected chi connectivity index (χ0v) is 20.5. The molecule has 1 heterocycles. The van der Waals surface area contributed by atoms with Crippen molar-refractivity contribution < 1.29 is 9.84 Å². The number of aliphatic imine (C=N–C) groups is 1. The molecule has 0 spiro atoms. The lowest BCUT2D eigenvalue weighted by molar-refractivity contribution is -0.0418. The summed E-state index contributed by atoms with van der Waals surface area (Å²) in [5, 5.41) is 11.2. The van der Waals surface area contributed by atoms with Crippen molar-refractivity contribution in [3.63, 3.8) is 0 Å². The summed E-state index contributed by atoms with van der Waals surface area (Å²) in [4.78, 5) is 22.2. The Hall–Kier alpha value is -3.59. The molecular weight excluding hydrogens is 460 g/mol. The van der Waals surface area contributed by atoms with Gasteiger partial charge in [0.05, 0.1) is 25.6 Å². The SMILES string of the molecule is CN(C)C=Nc1nc(=O)n(C[C@H](O)COC(c2ccccc2)(c2ccccc2)c2ccccc2)s1. The summed E-state index contributed by atoms with van der Waals surface area (Å²) in [5.74, 6) is 0. The van der Waals surface area contributed by atoms with Gasteiger partial charge in [0.2, 0.25) is 5.13 Å². The molecule has 0 aliphatic carbocycles. The van der Waals surface area contributed by atoms with Crippen LogP contribution in [0.15, 0.2) is 101 Å². The highest BCUT2D eigenvalue weighted by atomic mass is 32.1. The summed E-state index contributed by atoms with van der Waals surface area (Å²) >= 11 is 1.11. The average Bonchev–Trinajstić information content (AvgIpc) is 3.24. The minimum absolute atomic E-state index is 0.000673. The van der Waals surface area contributed by atoms with E-state index < -0.39 is 17.4 Å². The topological polar surface area (TPSA) is 80.0 Å². The molecule has 1 N–H and O–H groups in total. The molecule has 4 rings (SSSR count). The van der Waals surface area contributed by atoms with Crippen molar-refractivity contribution in [2.75, 3.05) is 20.7 Å². The van der Waals surface area contributed by atoms with Crippen molar-refractivity contribution in [2.45, 2.75) is 18.2 Å².